The van der Waals surface area contributed by atoms with Crippen LogP contribution in [0.4, 0.5) is 0 Å². The van der Waals surface area contributed by atoms with Crippen LogP contribution in [0.3, 0.4) is 0 Å². The molecular formula is C18H32IN5OS. The van der Waals surface area contributed by atoms with Crippen molar-refractivity contribution in [3.63, 3.8) is 0 Å². The average molecular weight is 493 g/mol. The fraction of sp³-hybridized carbons (Fsp3) is 0.667. The second-order valence-electron chi connectivity index (χ2n) is 6.62. The number of rotatable bonds is 7. The molecule has 0 aromatic carbocycles. The average Bonchev–Trinajstić information content (AvgIpc) is 3.11. The predicted molar refractivity (Wildman–Crippen MR) is 121 cm³/mol. The van der Waals surface area contributed by atoms with Crippen molar-refractivity contribution in [3.05, 3.63) is 22.4 Å². The molecule has 1 amide bonds. The van der Waals surface area contributed by atoms with Gasteiger partial charge in [-0.15, -0.1) is 35.3 Å². The van der Waals surface area contributed by atoms with Crippen molar-refractivity contribution in [2.45, 2.75) is 20.3 Å². The maximum absolute atomic E-state index is 11.3. The molecule has 1 saturated heterocycles. The van der Waals surface area contributed by atoms with Gasteiger partial charge < -0.3 is 15.5 Å². The van der Waals surface area contributed by atoms with E-state index in [1.165, 1.54) is 4.88 Å². The standard InChI is InChI=1S/C18H31N5OS.HI/c1-15(13-17-5-4-12-25-17)14-21-18(19-3)20-6-7-22-8-10-23(11-9-22)16(2)24;/h4-5,12,15H,6-11,13-14H2,1-3H3,(H2,19,20,21);1H. The molecule has 0 saturated carbocycles. The lowest BCUT2D eigenvalue weighted by Gasteiger charge is -2.34. The summed E-state index contributed by atoms with van der Waals surface area (Å²) in [6.07, 6.45) is 1.10. The van der Waals surface area contributed by atoms with Crippen molar-refractivity contribution in [2.24, 2.45) is 10.9 Å². The fourth-order valence-electron chi connectivity index (χ4n) is 2.95. The van der Waals surface area contributed by atoms with Crippen LogP contribution in [0.5, 0.6) is 0 Å². The highest BCUT2D eigenvalue weighted by molar-refractivity contribution is 14.0. The number of carbonyl (C=O) groups excluding carboxylic acids is 1. The maximum Gasteiger partial charge on any atom is 0.219 e. The lowest BCUT2D eigenvalue weighted by atomic mass is 10.1. The molecule has 26 heavy (non-hydrogen) atoms. The first kappa shape index (κ1) is 23.2. The molecule has 2 heterocycles. The molecule has 6 nitrogen and oxygen atoms in total. The first-order valence-electron chi connectivity index (χ1n) is 9.03. The topological polar surface area (TPSA) is 60.0 Å². The van der Waals surface area contributed by atoms with E-state index in [2.05, 4.69) is 45.0 Å². The van der Waals surface area contributed by atoms with Gasteiger partial charge in [0.05, 0.1) is 0 Å². The monoisotopic (exact) mass is 493 g/mol. The summed E-state index contributed by atoms with van der Waals surface area (Å²) in [5.41, 5.74) is 0. The molecule has 2 rings (SSSR count). The van der Waals surface area contributed by atoms with E-state index in [0.29, 0.717) is 5.92 Å². The van der Waals surface area contributed by atoms with Crippen molar-refractivity contribution < 1.29 is 4.79 Å². The van der Waals surface area contributed by atoms with E-state index < -0.39 is 0 Å². The SMILES string of the molecule is CN=C(NCCN1CCN(C(C)=O)CC1)NCC(C)Cc1cccs1.I. The highest BCUT2D eigenvalue weighted by atomic mass is 127. The Bertz CT molecular complexity index is 544. The van der Waals surface area contributed by atoms with Crippen molar-refractivity contribution in [1.29, 1.82) is 0 Å². The lowest BCUT2D eigenvalue weighted by Crippen LogP contribution is -2.50. The third-order valence-corrected chi connectivity index (χ3v) is 5.41. The van der Waals surface area contributed by atoms with Crippen LogP contribution in [0, 0.1) is 5.92 Å². The Hall–Kier alpha value is -0.870. The molecule has 1 aromatic rings. The number of thiophene rings is 1. The van der Waals surface area contributed by atoms with Gasteiger partial charge in [-0.3, -0.25) is 14.7 Å². The number of hydrogen-bond acceptors (Lipinski definition) is 4. The van der Waals surface area contributed by atoms with Crippen LogP contribution < -0.4 is 10.6 Å². The van der Waals surface area contributed by atoms with Gasteiger partial charge in [0.2, 0.25) is 5.91 Å². The van der Waals surface area contributed by atoms with E-state index in [9.17, 15) is 4.79 Å². The minimum absolute atomic E-state index is 0. The highest BCUT2D eigenvalue weighted by Crippen LogP contribution is 2.13. The van der Waals surface area contributed by atoms with Crippen LogP contribution in [0.25, 0.3) is 0 Å². The molecular weight excluding hydrogens is 461 g/mol. The summed E-state index contributed by atoms with van der Waals surface area (Å²) in [5, 5.41) is 8.93. The summed E-state index contributed by atoms with van der Waals surface area (Å²) < 4.78 is 0. The third-order valence-electron chi connectivity index (χ3n) is 4.51. The number of piperazine rings is 1. The van der Waals surface area contributed by atoms with Crippen molar-refractivity contribution in [1.82, 2.24) is 20.4 Å². The Balaban J connectivity index is 0.00000338. The largest absolute Gasteiger partial charge is 0.356 e. The number of hydrogen-bond donors (Lipinski definition) is 2. The van der Waals surface area contributed by atoms with Gasteiger partial charge in [0.25, 0.3) is 0 Å². The molecule has 0 radical (unpaired) electrons. The number of carbonyl (C=O) groups is 1. The van der Waals surface area contributed by atoms with Crippen molar-refractivity contribution in [3.8, 4) is 0 Å². The molecule has 1 fully saturated rings. The van der Waals surface area contributed by atoms with Crippen LogP contribution >= 0.6 is 35.3 Å². The second kappa shape index (κ2) is 12.5. The first-order chi connectivity index (χ1) is 12.1. The second-order valence-corrected chi connectivity index (χ2v) is 7.65. The summed E-state index contributed by atoms with van der Waals surface area (Å²) in [5.74, 6) is 1.61. The van der Waals surface area contributed by atoms with Gasteiger partial charge in [-0.05, 0) is 23.8 Å². The Kier molecular flexibility index (Phi) is 11.1. The van der Waals surface area contributed by atoms with Crippen LogP contribution in [0.2, 0.25) is 0 Å². The van der Waals surface area contributed by atoms with E-state index in [4.69, 9.17) is 0 Å². The van der Waals surface area contributed by atoms with Gasteiger partial charge in [0.15, 0.2) is 5.96 Å². The van der Waals surface area contributed by atoms with Crippen LogP contribution in [0.1, 0.15) is 18.7 Å². The zero-order valence-corrected chi connectivity index (χ0v) is 19.2. The molecule has 1 aromatic heterocycles. The molecule has 0 spiro atoms. The first-order valence-corrected chi connectivity index (χ1v) is 9.91. The molecule has 148 valence electrons. The zero-order chi connectivity index (χ0) is 18.1. The number of aliphatic imine (C=N–C) groups is 1. The van der Waals surface area contributed by atoms with E-state index in [-0.39, 0.29) is 29.9 Å². The van der Waals surface area contributed by atoms with Gasteiger partial charge in [0.1, 0.15) is 0 Å². The van der Waals surface area contributed by atoms with Crippen molar-refractivity contribution >= 4 is 47.2 Å². The minimum Gasteiger partial charge on any atom is -0.356 e. The summed E-state index contributed by atoms with van der Waals surface area (Å²) in [6, 6.07) is 4.30. The number of nitrogens with one attached hydrogen (secondary N) is 2. The molecule has 0 aliphatic carbocycles. The van der Waals surface area contributed by atoms with Crippen molar-refractivity contribution in [2.75, 3.05) is 52.9 Å². The normalized spacial score (nSPS) is 16.7. The number of nitrogens with zero attached hydrogens (tertiary/aromatic N) is 3. The summed E-state index contributed by atoms with van der Waals surface area (Å²) in [6.45, 7) is 10.2. The zero-order valence-electron chi connectivity index (χ0n) is 16.0. The van der Waals surface area contributed by atoms with Gasteiger partial charge >= 0.3 is 0 Å². The van der Waals surface area contributed by atoms with Gasteiger partial charge in [0, 0.05) is 64.7 Å². The smallest absolute Gasteiger partial charge is 0.219 e. The molecule has 1 atom stereocenters. The summed E-state index contributed by atoms with van der Waals surface area (Å²) >= 11 is 1.82. The van der Waals surface area contributed by atoms with E-state index in [1.807, 2.05) is 23.3 Å². The molecule has 1 aliphatic heterocycles. The van der Waals surface area contributed by atoms with Crippen LogP contribution in [0.15, 0.2) is 22.5 Å². The fourth-order valence-corrected chi connectivity index (χ4v) is 3.82. The van der Waals surface area contributed by atoms with Crippen LogP contribution in [-0.2, 0) is 11.2 Å². The molecule has 0 bridgehead atoms. The van der Waals surface area contributed by atoms with Crippen LogP contribution in [-0.4, -0.2) is 74.5 Å². The van der Waals surface area contributed by atoms with Gasteiger partial charge in [-0.2, -0.15) is 0 Å². The molecule has 1 unspecified atom stereocenters. The highest BCUT2D eigenvalue weighted by Gasteiger charge is 2.17. The Morgan fingerprint density at radius 1 is 1.31 bits per heavy atom. The van der Waals surface area contributed by atoms with Gasteiger partial charge in [-0.1, -0.05) is 13.0 Å². The third kappa shape index (κ3) is 8.22. The number of guanidine groups is 1. The Labute approximate surface area is 178 Å². The van der Waals surface area contributed by atoms with Gasteiger partial charge in [-0.25, -0.2) is 0 Å². The maximum atomic E-state index is 11.3. The quantitative estimate of drug-likeness (QED) is 0.346. The Morgan fingerprint density at radius 2 is 2.04 bits per heavy atom. The summed E-state index contributed by atoms with van der Waals surface area (Å²) in [7, 11) is 1.81. The predicted octanol–water partition coefficient (Wildman–Crippen LogP) is 1.87. The minimum atomic E-state index is 0. The van der Waals surface area contributed by atoms with E-state index in [0.717, 1.165) is 58.2 Å². The van der Waals surface area contributed by atoms with E-state index in [1.54, 1.807) is 6.92 Å². The Morgan fingerprint density at radius 3 is 2.62 bits per heavy atom. The summed E-state index contributed by atoms with van der Waals surface area (Å²) in [4.78, 5) is 21.4. The number of amides is 1. The molecule has 2 N–H and O–H groups in total. The lowest BCUT2D eigenvalue weighted by molar-refractivity contribution is -0.130. The molecule has 1 aliphatic rings. The number of halogens is 1. The van der Waals surface area contributed by atoms with E-state index >= 15 is 0 Å². The molecule has 8 heteroatoms.